The van der Waals surface area contributed by atoms with E-state index in [1.165, 1.54) is 0 Å². The van der Waals surface area contributed by atoms with Crippen molar-refractivity contribution in [3.8, 4) is 0 Å². The number of piperidine rings is 1. The van der Waals surface area contributed by atoms with Crippen LogP contribution in [0.2, 0.25) is 0 Å². The molecule has 0 aromatic rings. The van der Waals surface area contributed by atoms with Gasteiger partial charge >= 0.3 is 0 Å². The fourth-order valence-corrected chi connectivity index (χ4v) is 1.83. The number of hydrogen-bond donors (Lipinski definition) is 0. The Morgan fingerprint density at radius 1 is 1.75 bits per heavy atom. The third-order valence-corrected chi connectivity index (χ3v) is 2.90. The standard InChI is InChI=1S/C10H17NO/c1-4-10(3)8-6-7-9(12)11(10)5-2/h5H,2,4,6-8H2,1,3H3. The van der Waals surface area contributed by atoms with Crippen LogP contribution >= 0.6 is 0 Å². The minimum Gasteiger partial charge on any atom is -0.314 e. The van der Waals surface area contributed by atoms with E-state index in [2.05, 4.69) is 20.4 Å². The van der Waals surface area contributed by atoms with E-state index in [0.717, 1.165) is 19.3 Å². The molecule has 1 atom stereocenters. The number of carbonyl (C=O) groups is 1. The summed E-state index contributed by atoms with van der Waals surface area (Å²) in [6.45, 7) is 7.93. The van der Waals surface area contributed by atoms with Crippen LogP contribution in [-0.2, 0) is 4.79 Å². The number of carbonyl (C=O) groups excluding carboxylic acids is 1. The number of rotatable bonds is 2. The van der Waals surface area contributed by atoms with Crippen LogP contribution in [-0.4, -0.2) is 16.3 Å². The van der Waals surface area contributed by atoms with Gasteiger partial charge in [0, 0.05) is 18.2 Å². The van der Waals surface area contributed by atoms with Crippen molar-refractivity contribution in [2.24, 2.45) is 0 Å². The number of likely N-dealkylation sites (tertiary alicyclic amines) is 1. The van der Waals surface area contributed by atoms with Crippen LogP contribution in [0.5, 0.6) is 0 Å². The maximum Gasteiger partial charge on any atom is 0.226 e. The molecule has 0 aliphatic carbocycles. The first-order chi connectivity index (χ1) is 5.64. The summed E-state index contributed by atoms with van der Waals surface area (Å²) in [6, 6.07) is 0. The summed E-state index contributed by atoms with van der Waals surface area (Å²) in [4.78, 5) is 13.3. The molecule has 0 spiro atoms. The van der Waals surface area contributed by atoms with Gasteiger partial charge in [-0.05, 0) is 26.2 Å². The lowest BCUT2D eigenvalue weighted by Gasteiger charge is -2.42. The first kappa shape index (κ1) is 9.30. The van der Waals surface area contributed by atoms with Gasteiger partial charge < -0.3 is 4.90 Å². The largest absolute Gasteiger partial charge is 0.314 e. The molecule has 68 valence electrons. The quantitative estimate of drug-likeness (QED) is 0.618. The molecule has 2 nitrogen and oxygen atoms in total. The third-order valence-electron chi connectivity index (χ3n) is 2.90. The van der Waals surface area contributed by atoms with E-state index in [-0.39, 0.29) is 11.4 Å². The summed E-state index contributed by atoms with van der Waals surface area (Å²) < 4.78 is 0. The zero-order valence-electron chi connectivity index (χ0n) is 7.97. The van der Waals surface area contributed by atoms with Gasteiger partial charge in [0.05, 0.1) is 0 Å². The second kappa shape index (κ2) is 3.30. The van der Waals surface area contributed by atoms with E-state index in [0.29, 0.717) is 6.42 Å². The summed E-state index contributed by atoms with van der Waals surface area (Å²) in [5.74, 6) is 0.223. The normalized spacial score (nSPS) is 30.5. The molecule has 1 rings (SSSR count). The van der Waals surface area contributed by atoms with Crippen LogP contribution in [0, 0.1) is 0 Å². The van der Waals surface area contributed by atoms with Crippen LogP contribution in [0.1, 0.15) is 39.5 Å². The zero-order chi connectivity index (χ0) is 9.19. The highest BCUT2D eigenvalue weighted by Crippen LogP contribution is 2.31. The molecule has 1 amide bonds. The minimum atomic E-state index is 0.0249. The van der Waals surface area contributed by atoms with Crippen molar-refractivity contribution < 1.29 is 4.79 Å². The molecule has 0 aromatic carbocycles. The van der Waals surface area contributed by atoms with Gasteiger partial charge in [-0.1, -0.05) is 13.5 Å². The Labute approximate surface area is 74.2 Å². The molecule has 1 fully saturated rings. The lowest BCUT2D eigenvalue weighted by atomic mass is 9.86. The lowest BCUT2D eigenvalue weighted by Crippen LogP contribution is -2.48. The molecule has 1 heterocycles. The van der Waals surface area contributed by atoms with Gasteiger partial charge in [0.15, 0.2) is 0 Å². The topological polar surface area (TPSA) is 20.3 Å². The van der Waals surface area contributed by atoms with Crippen molar-refractivity contribution in [1.29, 1.82) is 0 Å². The smallest absolute Gasteiger partial charge is 0.226 e. The van der Waals surface area contributed by atoms with Gasteiger partial charge in [0.25, 0.3) is 0 Å². The predicted molar refractivity (Wildman–Crippen MR) is 49.6 cm³/mol. The van der Waals surface area contributed by atoms with E-state index in [9.17, 15) is 4.79 Å². The minimum absolute atomic E-state index is 0.0249. The van der Waals surface area contributed by atoms with Crippen LogP contribution in [0.3, 0.4) is 0 Å². The Balaban J connectivity index is 2.84. The Hall–Kier alpha value is -0.790. The number of hydrogen-bond acceptors (Lipinski definition) is 1. The number of amides is 1. The highest BCUT2D eigenvalue weighted by Gasteiger charge is 2.35. The molecule has 12 heavy (non-hydrogen) atoms. The van der Waals surface area contributed by atoms with E-state index in [1.807, 2.05) is 0 Å². The average Bonchev–Trinajstić information content (AvgIpc) is 2.05. The zero-order valence-corrected chi connectivity index (χ0v) is 7.97. The van der Waals surface area contributed by atoms with Gasteiger partial charge in [-0.25, -0.2) is 0 Å². The second-order valence-corrected chi connectivity index (χ2v) is 3.65. The number of nitrogens with zero attached hydrogens (tertiary/aromatic N) is 1. The van der Waals surface area contributed by atoms with Crippen LogP contribution in [0.15, 0.2) is 12.8 Å². The predicted octanol–water partition coefficient (Wildman–Crippen LogP) is 2.31. The van der Waals surface area contributed by atoms with E-state index < -0.39 is 0 Å². The van der Waals surface area contributed by atoms with Gasteiger partial charge in [-0.3, -0.25) is 4.79 Å². The first-order valence-electron chi connectivity index (χ1n) is 4.59. The second-order valence-electron chi connectivity index (χ2n) is 3.65. The molecule has 2 heteroatoms. The van der Waals surface area contributed by atoms with Crippen molar-refractivity contribution in [2.75, 3.05) is 0 Å². The highest BCUT2D eigenvalue weighted by molar-refractivity contribution is 5.78. The fraction of sp³-hybridized carbons (Fsp3) is 0.700. The maximum atomic E-state index is 11.5. The van der Waals surface area contributed by atoms with Gasteiger partial charge in [0.1, 0.15) is 0 Å². The molecule has 1 aliphatic heterocycles. The van der Waals surface area contributed by atoms with Crippen molar-refractivity contribution in [2.45, 2.75) is 45.1 Å². The van der Waals surface area contributed by atoms with Crippen LogP contribution < -0.4 is 0 Å². The van der Waals surface area contributed by atoms with Crippen LogP contribution in [0.4, 0.5) is 0 Å². The molecule has 0 radical (unpaired) electrons. The SMILES string of the molecule is C=CN1C(=O)CCCC1(C)CC. The summed E-state index contributed by atoms with van der Waals surface area (Å²) >= 11 is 0. The Kier molecular flexibility index (Phi) is 2.55. The van der Waals surface area contributed by atoms with E-state index in [4.69, 9.17) is 0 Å². The van der Waals surface area contributed by atoms with Gasteiger partial charge in [0.2, 0.25) is 5.91 Å². The van der Waals surface area contributed by atoms with Crippen molar-refractivity contribution >= 4 is 5.91 Å². The van der Waals surface area contributed by atoms with Crippen molar-refractivity contribution in [3.05, 3.63) is 12.8 Å². The van der Waals surface area contributed by atoms with Crippen molar-refractivity contribution in [3.63, 3.8) is 0 Å². The molecule has 1 unspecified atom stereocenters. The lowest BCUT2D eigenvalue weighted by molar-refractivity contribution is -0.136. The average molecular weight is 167 g/mol. The maximum absolute atomic E-state index is 11.5. The first-order valence-corrected chi connectivity index (χ1v) is 4.59. The van der Waals surface area contributed by atoms with E-state index in [1.54, 1.807) is 11.1 Å². The monoisotopic (exact) mass is 167 g/mol. The molecule has 1 saturated heterocycles. The molecule has 0 N–H and O–H groups in total. The Morgan fingerprint density at radius 3 is 2.83 bits per heavy atom. The van der Waals surface area contributed by atoms with Crippen molar-refractivity contribution in [1.82, 2.24) is 4.90 Å². The molecule has 0 aromatic heterocycles. The summed E-state index contributed by atoms with van der Waals surface area (Å²) in [7, 11) is 0. The van der Waals surface area contributed by atoms with Crippen LogP contribution in [0.25, 0.3) is 0 Å². The molecule has 1 aliphatic rings. The Bertz CT molecular complexity index is 200. The molecule has 0 saturated carbocycles. The molecular weight excluding hydrogens is 150 g/mol. The van der Waals surface area contributed by atoms with Gasteiger partial charge in [-0.2, -0.15) is 0 Å². The summed E-state index contributed by atoms with van der Waals surface area (Å²) in [5.41, 5.74) is 0.0249. The Morgan fingerprint density at radius 2 is 2.42 bits per heavy atom. The molecule has 0 bridgehead atoms. The fourth-order valence-electron chi connectivity index (χ4n) is 1.83. The third kappa shape index (κ3) is 1.38. The summed E-state index contributed by atoms with van der Waals surface area (Å²) in [6.07, 6.45) is 5.48. The van der Waals surface area contributed by atoms with E-state index >= 15 is 0 Å². The highest BCUT2D eigenvalue weighted by atomic mass is 16.2. The van der Waals surface area contributed by atoms with Gasteiger partial charge in [-0.15, -0.1) is 0 Å². The molecular formula is C10H17NO. The summed E-state index contributed by atoms with van der Waals surface area (Å²) in [5, 5.41) is 0.